The van der Waals surface area contributed by atoms with Crippen molar-refractivity contribution in [3.63, 3.8) is 0 Å². The molecule has 0 fully saturated rings. The highest BCUT2D eigenvalue weighted by Gasteiger charge is 2.09. The van der Waals surface area contributed by atoms with Gasteiger partial charge in [0.15, 0.2) is 0 Å². The SMILES string of the molecule is CC(C)Oc1ccccc1CN(C)CCN(C=O)CC=O.COc1ccc2[nH]c(C)cc2c1.Cc1ccccc1. The van der Waals surface area contributed by atoms with E-state index in [9.17, 15) is 9.59 Å². The number of amides is 1. The van der Waals surface area contributed by atoms with E-state index in [2.05, 4.69) is 35.0 Å². The molecule has 0 saturated heterocycles. The third kappa shape index (κ3) is 11.7. The van der Waals surface area contributed by atoms with Gasteiger partial charge < -0.3 is 29.1 Å². The highest BCUT2D eigenvalue weighted by molar-refractivity contribution is 5.81. The first-order chi connectivity index (χ1) is 19.2. The molecule has 0 saturated carbocycles. The lowest BCUT2D eigenvalue weighted by Crippen LogP contribution is -2.33. The van der Waals surface area contributed by atoms with Crippen LogP contribution in [0.3, 0.4) is 0 Å². The first-order valence-corrected chi connectivity index (χ1v) is 13.5. The van der Waals surface area contributed by atoms with Gasteiger partial charge in [0.2, 0.25) is 6.41 Å². The van der Waals surface area contributed by atoms with Crippen LogP contribution in [0.1, 0.15) is 30.7 Å². The van der Waals surface area contributed by atoms with Crippen molar-refractivity contribution in [1.82, 2.24) is 14.8 Å². The van der Waals surface area contributed by atoms with Crippen LogP contribution in [0.15, 0.2) is 78.9 Å². The van der Waals surface area contributed by atoms with E-state index >= 15 is 0 Å². The van der Waals surface area contributed by atoms with Crippen molar-refractivity contribution in [3.05, 3.63) is 95.7 Å². The summed E-state index contributed by atoms with van der Waals surface area (Å²) < 4.78 is 10.9. The minimum atomic E-state index is 0.134. The number of likely N-dealkylation sites (N-methyl/N-ethyl adjacent to an activating group) is 1. The van der Waals surface area contributed by atoms with Gasteiger partial charge >= 0.3 is 0 Å². The molecule has 1 amide bonds. The molecule has 4 rings (SSSR count). The van der Waals surface area contributed by atoms with Gasteiger partial charge in [-0.2, -0.15) is 0 Å². The molecule has 0 radical (unpaired) electrons. The fourth-order valence-electron chi connectivity index (χ4n) is 3.87. The number of ether oxygens (including phenoxy) is 2. The van der Waals surface area contributed by atoms with E-state index in [-0.39, 0.29) is 12.6 Å². The summed E-state index contributed by atoms with van der Waals surface area (Å²) in [6, 6.07) is 26.3. The molecule has 7 nitrogen and oxygen atoms in total. The molecule has 214 valence electrons. The number of aromatic nitrogens is 1. The molecule has 0 aliphatic rings. The molecular weight excluding hydrogens is 502 g/mol. The zero-order valence-corrected chi connectivity index (χ0v) is 24.6. The second-order valence-corrected chi connectivity index (χ2v) is 9.84. The highest BCUT2D eigenvalue weighted by Crippen LogP contribution is 2.21. The van der Waals surface area contributed by atoms with E-state index in [1.165, 1.54) is 21.5 Å². The van der Waals surface area contributed by atoms with E-state index in [0.717, 1.165) is 35.4 Å². The number of hydrogen-bond acceptors (Lipinski definition) is 5. The smallest absolute Gasteiger partial charge is 0.210 e. The molecule has 0 aliphatic carbocycles. The maximum absolute atomic E-state index is 10.8. The van der Waals surface area contributed by atoms with Crippen molar-refractivity contribution in [3.8, 4) is 11.5 Å². The van der Waals surface area contributed by atoms with E-state index < -0.39 is 0 Å². The fourth-order valence-corrected chi connectivity index (χ4v) is 3.87. The molecule has 4 aromatic rings. The minimum Gasteiger partial charge on any atom is -0.497 e. The molecule has 7 heteroatoms. The third-order valence-corrected chi connectivity index (χ3v) is 5.91. The fraction of sp³-hybridized carbons (Fsp3) is 0.333. The average Bonchev–Trinajstić information content (AvgIpc) is 3.32. The summed E-state index contributed by atoms with van der Waals surface area (Å²) in [5, 5.41) is 1.20. The van der Waals surface area contributed by atoms with Crippen LogP contribution in [-0.4, -0.2) is 67.4 Å². The van der Waals surface area contributed by atoms with Crippen LogP contribution in [0, 0.1) is 13.8 Å². The van der Waals surface area contributed by atoms with Gasteiger partial charge in [0.25, 0.3) is 0 Å². The Labute approximate surface area is 238 Å². The summed E-state index contributed by atoms with van der Waals surface area (Å²) in [5.41, 5.74) is 4.77. The van der Waals surface area contributed by atoms with Crippen molar-refractivity contribution in [1.29, 1.82) is 0 Å². The Kier molecular flexibility index (Phi) is 14.0. The molecule has 0 aliphatic heterocycles. The standard InChI is InChI=1S/C16H24N2O3.C10H11NO.C7H8/c1-14(2)21-16-7-5-4-6-15(16)12-17(3)8-9-18(13-20)10-11-19;1-7-5-8-6-9(12-2)3-4-10(8)11-7;1-7-5-3-2-4-6-7/h4-7,11,13-14H,8-10,12H2,1-3H3;3-6,11H,1-2H3;2-6H,1H3. The van der Waals surface area contributed by atoms with Crippen molar-refractivity contribution >= 4 is 23.6 Å². The Morgan fingerprint density at radius 1 is 0.900 bits per heavy atom. The van der Waals surface area contributed by atoms with Crippen LogP contribution in [0.2, 0.25) is 0 Å². The van der Waals surface area contributed by atoms with Crippen molar-refractivity contribution < 1.29 is 19.1 Å². The summed E-state index contributed by atoms with van der Waals surface area (Å²) in [7, 11) is 3.66. The van der Waals surface area contributed by atoms with Gasteiger partial charge in [0.05, 0.1) is 19.8 Å². The number of H-pyrrole nitrogens is 1. The second kappa shape index (κ2) is 17.5. The van der Waals surface area contributed by atoms with Gasteiger partial charge in [0.1, 0.15) is 17.8 Å². The van der Waals surface area contributed by atoms with Crippen LogP contribution in [-0.2, 0) is 16.1 Å². The lowest BCUT2D eigenvalue weighted by molar-refractivity contribution is -0.121. The summed E-state index contributed by atoms with van der Waals surface area (Å²) >= 11 is 0. The van der Waals surface area contributed by atoms with Gasteiger partial charge in [-0.05, 0) is 65.1 Å². The summed E-state index contributed by atoms with van der Waals surface area (Å²) in [5.74, 6) is 1.79. The van der Waals surface area contributed by atoms with Gasteiger partial charge in [-0.25, -0.2) is 0 Å². The average molecular weight is 546 g/mol. The van der Waals surface area contributed by atoms with Crippen LogP contribution >= 0.6 is 0 Å². The molecule has 0 bridgehead atoms. The van der Waals surface area contributed by atoms with E-state index in [0.29, 0.717) is 19.5 Å². The predicted molar refractivity (Wildman–Crippen MR) is 163 cm³/mol. The van der Waals surface area contributed by atoms with Gasteiger partial charge in [-0.1, -0.05) is 54.1 Å². The Balaban J connectivity index is 0.000000243. The van der Waals surface area contributed by atoms with Gasteiger partial charge in [-0.15, -0.1) is 0 Å². The summed E-state index contributed by atoms with van der Waals surface area (Å²) in [6.45, 7) is 10.2. The molecule has 3 aromatic carbocycles. The molecule has 1 aromatic heterocycles. The number of aryl methyl sites for hydroxylation is 2. The van der Waals surface area contributed by atoms with Crippen molar-refractivity contribution in [2.24, 2.45) is 0 Å². The number of methoxy groups -OCH3 is 1. The van der Waals surface area contributed by atoms with Crippen LogP contribution in [0.25, 0.3) is 10.9 Å². The normalized spacial score (nSPS) is 10.3. The van der Waals surface area contributed by atoms with Crippen LogP contribution in [0.4, 0.5) is 0 Å². The lowest BCUT2D eigenvalue weighted by Gasteiger charge is -2.22. The third-order valence-electron chi connectivity index (χ3n) is 5.91. The van der Waals surface area contributed by atoms with Crippen molar-refractivity contribution in [2.45, 2.75) is 40.3 Å². The maximum atomic E-state index is 10.8. The molecule has 0 spiro atoms. The minimum absolute atomic E-state index is 0.134. The molecule has 0 atom stereocenters. The Morgan fingerprint density at radius 3 is 2.20 bits per heavy atom. The monoisotopic (exact) mass is 545 g/mol. The number of aromatic amines is 1. The number of fused-ring (bicyclic) bond motifs is 1. The zero-order valence-electron chi connectivity index (χ0n) is 24.6. The topological polar surface area (TPSA) is 74.9 Å². The van der Waals surface area contributed by atoms with Crippen LogP contribution in [0.5, 0.6) is 11.5 Å². The molecule has 1 heterocycles. The number of hydrogen-bond donors (Lipinski definition) is 1. The Hall–Kier alpha value is -4.10. The van der Waals surface area contributed by atoms with Gasteiger partial charge in [0, 0.05) is 41.8 Å². The predicted octanol–water partition coefficient (Wildman–Crippen LogP) is 6.04. The number of carbonyl (C=O) groups excluding carboxylic acids is 2. The Bertz CT molecular complexity index is 1290. The number of nitrogens with one attached hydrogen (secondary N) is 1. The zero-order chi connectivity index (χ0) is 29.3. The Morgan fingerprint density at radius 2 is 1.60 bits per heavy atom. The van der Waals surface area contributed by atoms with Gasteiger partial charge in [-0.3, -0.25) is 4.79 Å². The quantitative estimate of drug-likeness (QED) is 0.233. The number of nitrogens with zero attached hydrogens (tertiary/aromatic N) is 2. The number of carbonyl (C=O) groups is 2. The molecular formula is C33H43N3O4. The van der Waals surface area contributed by atoms with Crippen LogP contribution < -0.4 is 9.47 Å². The number of para-hydroxylation sites is 1. The first-order valence-electron chi connectivity index (χ1n) is 13.5. The second-order valence-electron chi connectivity index (χ2n) is 9.84. The van der Waals surface area contributed by atoms with E-state index in [1.54, 1.807) is 7.11 Å². The van der Waals surface area contributed by atoms with Crippen molar-refractivity contribution in [2.75, 3.05) is 33.8 Å². The number of rotatable bonds is 11. The number of aldehydes is 1. The van der Waals surface area contributed by atoms with E-state index in [4.69, 9.17) is 9.47 Å². The first kappa shape index (κ1) is 32.1. The molecule has 1 N–H and O–H groups in total. The lowest BCUT2D eigenvalue weighted by atomic mass is 10.2. The summed E-state index contributed by atoms with van der Waals surface area (Å²) in [6.07, 6.45) is 1.58. The highest BCUT2D eigenvalue weighted by atomic mass is 16.5. The van der Waals surface area contributed by atoms with E-state index in [1.807, 2.05) is 88.5 Å². The largest absolute Gasteiger partial charge is 0.497 e. The molecule has 40 heavy (non-hydrogen) atoms. The molecule has 0 unspecified atom stereocenters. The number of benzene rings is 3. The summed E-state index contributed by atoms with van der Waals surface area (Å²) in [4.78, 5) is 28.0. The maximum Gasteiger partial charge on any atom is 0.210 e.